The van der Waals surface area contributed by atoms with E-state index < -0.39 is 5.91 Å². The predicted octanol–water partition coefficient (Wildman–Crippen LogP) is 4.87. The predicted molar refractivity (Wildman–Crippen MR) is 125 cm³/mol. The molecule has 6 nitrogen and oxygen atoms in total. The van der Waals surface area contributed by atoms with Crippen molar-refractivity contribution in [1.82, 2.24) is 0 Å². The fraction of sp³-hybridized carbons (Fsp3) is 0.115. The highest BCUT2D eigenvalue weighted by Gasteiger charge is 2.13. The molecule has 3 aromatic carbocycles. The van der Waals surface area contributed by atoms with E-state index in [1.54, 1.807) is 30.3 Å². The number of hydrogen-bond acceptors (Lipinski definition) is 4. The summed E-state index contributed by atoms with van der Waals surface area (Å²) in [4.78, 5) is 24.9. The minimum Gasteiger partial charge on any atom is -0.483 e. The summed E-state index contributed by atoms with van der Waals surface area (Å²) in [7, 11) is 0. The number of anilines is 2. The summed E-state index contributed by atoms with van der Waals surface area (Å²) in [6, 6.07) is 23.6. The quantitative estimate of drug-likeness (QED) is 0.417. The van der Waals surface area contributed by atoms with Gasteiger partial charge in [-0.15, -0.1) is 0 Å². The molecule has 0 saturated carbocycles. The van der Waals surface area contributed by atoms with Gasteiger partial charge in [0.05, 0.1) is 0 Å². The third kappa shape index (κ3) is 5.83. The summed E-state index contributed by atoms with van der Waals surface area (Å²) in [6.45, 7) is 3.56. The van der Waals surface area contributed by atoms with Crippen LogP contribution in [0.25, 0.3) is 6.08 Å². The lowest BCUT2D eigenvalue weighted by atomic mass is 10.1. The molecule has 0 fully saturated rings. The van der Waals surface area contributed by atoms with Crippen LogP contribution in [-0.4, -0.2) is 18.4 Å². The molecule has 0 saturated heterocycles. The smallest absolute Gasteiger partial charge is 0.266 e. The Morgan fingerprint density at radius 3 is 2.06 bits per heavy atom. The number of nitrogens with zero attached hydrogens (tertiary/aromatic N) is 1. The molecule has 0 aliphatic carbocycles. The molecular formula is C26H23N3O3. The van der Waals surface area contributed by atoms with Gasteiger partial charge in [-0.05, 0) is 49.2 Å². The summed E-state index contributed by atoms with van der Waals surface area (Å²) in [5, 5.41) is 15.1. The van der Waals surface area contributed by atoms with Crippen LogP contribution < -0.4 is 15.4 Å². The largest absolute Gasteiger partial charge is 0.483 e. The first-order valence-electron chi connectivity index (χ1n) is 10.0. The molecule has 0 atom stereocenters. The Morgan fingerprint density at radius 1 is 0.875 bits per heavy atom. The lowest BCUT2D eigenvalue weighted by Gasteiger charge is -2.11. The second-order valence-electron chi connectivity index (χ2n) is 7.13. The van der Waals surface area contributed by atoms with Gasteiger partial charge >= 0.3 is 0 Å². The molecule has 0 aliphatic rings. The normalized spacial score (nSPS) is 10.7. The summed E-state index contributed by atoms with van der Waals surface area (Å²) in [5.41, 5.74) is 3.63. The van der Waals surface area contributed by atoms with Gasteiger partial charge < -0.3 is 15.4 Å². The Hall–Kier alpha value is -4.37. The number of ether oxygens (including phenoxy) is 1. The number of carbonyl (C=O) groups excluding carboxylic acids is 2. The molecule has 0 aliphatic heterocycles. The van der Waals surface area contributed by atoms with Crippen molar-refractivity contribution < 1.29 is 14.3 Å². The summed E-state index contributed by atoms with van der Waals surface area (Å²) in [6.07, 6.45) is 1.45. The highest BCUT2D eigenvalue weighted by Crippen LogP contribution is 2.22. The molecule has 160 valence electrons. The summed E-state index contributed by atoms with van der Waals surface area (Å²) >= 11 is 0. The molecule has 0 unspecified atom stereocenters. The molecule has 3 aromatic rings. The molecule has 3 rings (SSSR count). The lowest BCUT2D eigenvalue weighted by Crippen LogP contribution is -2.20. The minimum atomic E-state index is -0.520. The SMILES string of the molecule is Cc1ccccc1NC(=O)COc1ccccc1/C=C(/C#N)C(=O)Nc1ccccc1C. The van der Waals surface area contributed by atoms with Crippen molar-refractivity contribution in [2.45, 2.75) is 13.8 Å². The van der Waals surface area contributed by atoms with Crippen LogP contribution in [0.5, 0.6) is 5.75 Å². The van der Waals surface area contributed by atoms with Crippen molar-refractivity contribution in [3.05, 3.63) is 95.1 Å². The van der Waals surface area contributed by atoms with Crippen LogP contribution >= 0.6 is 0 Å². The van der Waals surface area contributed by atoms with Gasteiger partial charge in [-0.2, -0.15) is 5.26 Å². The molecule has 2 amide bonds. The average molecular weight is 425 g/mol. The van der Waals surface area contributed by atoms with E-state index in [2.05, 4.69) is 10.6 Å². The van der Waals surface area contributed by atoms with Crippen molar-refractivity contribution in [1.29, 1.82) is 5.26 Å². The van der Waals surface area contributed by atoms with E-state index in [9.17, 15) is 14.9 Å². The second kappa shape index (κ2) is 10.6. The minimum absolute atomic E-state index is 0.0753. The van der Waals surface area contributed by atoms with Crippen LogP contribution in [0.3, 0.4) is 0 Å². The fourth-order valence-electron chi connectivity index (χ4n) is 2.98. The summed E-state index contributed by atoms with van der Waals surface area (Å²) in [5.74, 6) is -0.436. The molecule has 0 bridgehead atoms. The Bertz CT molecular complexity index is 1210. The highest BCUT2D eigenvalue weighted by atomic mass is 16.5. The van der Waals surface area contributed by atoms with E-state index >= 15 is 0 Å². The number of aryl methyl sites for hydroxylation is 2. The third-order valence-electron chi connectivity index (χ3n) is 4.76. The van der Waals surface area contributed by atoms with Crippen molar-refractivity contribution in [2.75, 3.05) is 17.2 Å². The maximum Gasteiger partial charge on any atom is 0.266 e. The summed E-state index contributed by atoms with van der Waals surface area (Å²) < 4.78 is 5.68. The topological polar surface area (TPSA) is 91.2 Å². The van der Waals surface area contributed by atoms with Crippen LogP contribution in [-0.2, 0) is 9.59 Å². The first-order valence-corrected chi connectivity index (χ1v) is 10.0. The number of nitriles is 1. The molecule has 2 N–H and O–H groups in total. The second-order valence-corrected chi connectivity index (χ2v) is 7.13. The number of rotatable bonds is 7. The molecule has 0 aromatic heterocycles. The Morgan fingerprint density at radius 2 is 1.44 bits per heavy atom. The molecular weight excluding hydrogens is 402 g/mol. The zero-order chi connectivity index (χ0) is 22.9. The van der Waals surface area contributed by atoms with Gasteiger partial charge in [0.25, 0.3) is 11.8 Å². The van der Waals surface area contributed by atoms with E-state index in [0.29, 0.717) is 22.7 Å². The molecule has 6 heteroatoms. The Kier molecular flexibility index (Phi) is 7.39. The maximum absolute atomic E-state index is 12.6. The highest BCUT2D eigenvalue weighted by molar-refractivity contribution is 6.10. The number of nitrogens with one attached hydrogen (secondary N) is 2. The van der Waals surface area contributed by atoms with Gasteiger partial charge in [0.1, 0.15) is 17.4 Å². The fourth-order valence-corrected chi connectivity index (χ4v) is 2.98. The number of amides is 2. The van der Waals surface area contributed by atoms with E-state index in [4.69, 9.17) is 4.74 Å². The van der Waals surface area contributed by atoms with Gasteiger partial charge in [-0.25, -0.2) is 0 Å². The van der Waals surface area contributed by atoms with Gasteiger partial charge in [0.2, 0.25) is 0 Å². The number of benzene rings is 3. The van der Waals surface area contributed by atoms with Crippen LogP contribution in [0.15, 0.2) is 78.4 Å². The van der Waals surface area contributed by atoms with E-state index in [1.165, 1.54) is 6.08 Å². The first-order chi connectivity index (χ1) is 15.5. The molecule has 0 radical (unpaired) electrons. The van der Waals surface area contributed by atoms with Crippen LogP contribution in [0.1, 0.15) is 16.7 Å². The molecule has 0 heterocycles. The van der Waals surface area contributed by atoms with Gasteiger partial charge in [0, 0.05) is 16.9 Å². The van der Waals surface area contributed by atoms with Crippen molar-refractivity contribution >= 4 is 29.3 Å². The van der Waals surface area contributed by atoms with Gasteiger partial charge in [-0.1, -0.05) is 54.6 Å². The lowest BCUT2D eigenvalue weighted by molar-refractivity contribution is -0.118. The zero-order valence-electron chi connectivity index (χ0n) is 17.9. The molecule has 32 heavy (non-hydrogen) atoms. The Labute approximate surface area is 187 Å². The number of carbonyl (C=O) groups is 2. The van der Waals surface area contributed by atoms with Crippen LogP contribution in [0, 0.1) is 25.2 Å². The van der Waals surface area contributed by atoms with E-state index in [-0.39, 0.29) is 18.1 Å². The maximum atomic E-state index is 12.6. The Balaban J connectivity index is 1.72. The van der Waals surface area contributed by atoms with Gasteiger partial charge in [-0.3, -0.25) is 9.59 Å². The number of para-hydroxylation sites is 3. The van der Waals surface area contributed by atoms with Crippen molar-refractivity contribution in [2.24, 2.45) is 0 Å². The van der Waals surface area contributed by atoms with Crippen molar-refractivity contribution in [3.63, 3.8) is 0 Å². The molecule has 0 spiro atoms. The average Bonchev–Trinajstić information content (AvgIpc) is 2.79. The number of hydrogen-bond donors (Lipinski definition) is 2. The monoisotopic (exact) mass is 425 g/mol. The first kappa shape index (κ1) is 22.3. The van der Waals surface area contributed by atoms with Crippen LogP contribution in [0.4, 0.5) is 11.4 Å². The zero-order valence-corrected chi connectivity index (χ0v) is 17.9. The van der Waals surface area contributed by atoms with E-state index in [1.807, 2.05) is 62.4 Å². The third-order valence-corrected chi connectivity index (χ3v) is 4.76. The van der Waals surface area contributed by atoms with Crippen molar-refractivity contribution in [3.8, 4) is 11.8 Å². The van der Waals surface area contributed by atoms with Crippen LogP contribution in [0.2, 0.25) is 0 Å². The van der Waals surface area contributed by atoms with E-state index in [0.717, 1.165) is 11.1 Å². The standard InChI is InChI=1S/C26H23N3O3/c1-18-9-3-6-12-22(18)28-25(30)17-32-24-14-8-5-11-20(24)15-21(16-27)26(31)29-23-13-7-4-10-19(23)2/h3-15H,17H2,1-2H3,(H,28,30)(H,29,31)/b21-15-. The van der Waals surface area contributed by atoms with Gasteiger partial charge in [0.15, 0.2) is 6.61 Å².